The van der Waals surface area contributed by atoms with Gasteiger partial charge in [-0.1, -0.05) is 20.3 Å². The summed E-state index contributed by atoms with van der Waals surface area (Å²) in [6, 6.07) is 0. The van der Waals surface area contributed by atoms with Crippen molar-refractivity contribution in [3.05, 3.63) is 0 Å². The van der Waals surface area contributed by atoms with Gasteiger partial charge in [-0.05, 0) is 56.3 Å². The molecule has 4 heteroatoms. The van der Waals surface area contributed by atoms with Crippen molar-refractivity contribution in [1.82, 2.24) is 0 Å². The van der Waals surface area contributed by atoms with Crippen LogP contribution in [0.3, 0.4) is 0 Å². The minimum absolute atomic E-state index is 0.118. The molecule has 0 saturated heterocycles. The zero-order valence-electron chi connectivity index (χ0n) is 12.5. The molecule has 4 aliphatic rings. The summed E-state index contributed by atoms with van der Waals surface area (Å²) in [5, 5.41) is 19.2. The maximum absolute atomic E-state index is 11.8. The Morgan fingerprint density at radius 2 is 1.90 bits per heavy atom. The Hall–Kier alpha value is -0.610. The van der Waals surface area contributed by atoms with Crippen molar-refractivity contribution in [2.75, 3.05) is 0 Å². The minimum atomic E-state index is -0.628. The average Bonchev–Trinajstić information content (AvgIpc) is 2.37. The molecule has 20 heavy (non-hydrogen) atoms. The van der Waals surface area contributed by atoms with Gasteiger partial charge in [-0.15, -0.1) is 0 Å². The van der Waals surface area contributed by atoms with E-state index in [2.05, 4.69) is 13.8 Å². The lowest BCUT2D eigenvalue weighted by Crippen LogP contribution is -2.59. The van der Waals surface area contributed by atoms with Crippen LogP contribution in [0.15, 0.2) is 0 Å². The quantitative estimate of drug-likeness (QED) is 0.597. The molecule has 0 radical (unpaired) electrons. The molecule has 0 amide bonds. The lowest BCUT2D eigenvalue weighted by molar-refractivity contribution is -0.334. The van der Waals surface area contributed by atoms with E-state index in [-0.39, 0.29) is 17.4 Å². The van der Waals surface area contributed by atoms with Crippen LogP contribution in [0.1, 0.15) is 58.8 Å². The first-order chi connectivity index (χ1) is 9.44. The van der Waals surface area contributed by atoms with Crippen LogP contribution in [0.2, 0.25) is 0 Å². The fourth-order valence-corrected chi connectivity index (χ4v) is 5.95. The highest BCUT2D eigenvalue weighted by Crippen LogP contribution is 2.67. The number of rotatable bonds is 5. The molecule has 4 unspecified atom stereocenters. The molecule has 4 aliphatic carbocycles. The molecule has 4 rings (SSSR count). The van der Waals surface area contributed by atoms with E-state index in [1.165, 1.54) is 6.42 Å². The maximum atomic E-state index is 11.8. The summed E-state index contributed by atoms with van der Waals surface area (Å²) in [6.07, 6.45) is 6.34. The zero-order valence-corrected chi connectivity index (χ0v) is 12.5. The molecule has 0 aromatic rings. The molecule has 4 saturated carbocycles. The molecule has 0 aliphatic heterocycles. The second-order valence-electron chi connectivity index (χ2n) is 7.82. The standard InChI is InChI=1S/C16H26O4/c1-3-10(2)13(20-19)15-5-11-4-12(6-15)8-16(7-11,9-15)14(17)18/h10-13,19H,3-9H2,1-2H3,(H,17,18). The third-order valence-corrected chi connectivity index (χ3v) is 6.44. The smallest absolute Gasteiger partial charge is 0.309 e. The Kier molecular flexibility index (Phi) is 3.37. The van der Waals surface area contributed by atoms with E-state index in [1.54, 1.807) is 0 Å². The van der Waals surface area contributed by atoms with Crippen LogP contribution in [0.5, 0.6) is 0 Å². The molecule has 4 fully saturated rings. The van der Waals surface area contributed by atoms with E-state index in [0.717, 1.165) is 32.1 Å². The topological polar surface area (TPSA) is 66.8 Å². The summed E-state index contributed by atoms with van der Waals surface area (Å²) in [5.74, 6) is 0.655. The Balaban J connectivity index is 1.95. The predicted octanol–water partition coefficient (Wildman–Crippen LogP) is 3.56. The number of hydrogen-bond acceptors (Lipinski definition) is 3. The van der Waals surface area contributed by atoms with Gasteiger partial charge in [0.2, 0.25) is 0 Å². The van der Waals surface area contributed by atoms with E-state index >= 15 is 0 Å². The van der Waals surface area contributed by atoms with Gasteiger partial charge < -0.3 is 5.11 Å². The third kappa shape index (κ3) is 1.92. The Labute approximate surface area is 120 Å². The highest BCUT2D eigenvalue weighted by molar-refractivity contribution is 5.75. The lowest BCUT2D eigenvalue weighted by Gasteiger charge is -2.62. The van der Waals surface area contributed by atoms with Crippen molar-refractivity contribution in [2.24, 2.45) is 28.6 Å². The average molecular weight is 282 g/mol. The van der Waals surface area contributed by atoms with Crippen LogP contribution in [0, 0.1) is 28.6 Å². The van der Waals surface area contributed by atoms with E-state index < -0.39 is 11.4 Å². The van der Waals surface area contributed by atoms with Gasteiger partial charge in [-0.3, -0.25) is 10.1 Å². The number of carbonyl (C=O) groups is 1. The van der Waals surface area contributed by atoms with Crippen molar-refractivity contribution >= 4 is 5.97 Å². The normalized spacial score (nSPS) is 45.4. The fraction of sp³-hybridized carbons (Fsp3) is 0.938. The highest BCUT2D eigenvalue weighted by atomic mass is 17.1. The summed E-state index contributed by atoms with van der Waals surface area (Å²) in [6.45, 7) is 4.21. The van der Waals surface area contributed by atoms with Gasteiger partial charge in [0, 0.05) is 5.41 Å². The SMILES string of the molecule is CCC(C)C(OO)C12CC3CC(CC(C(=O)O)(C3)C1)C2. The second kappa shape index (κ2) is 4.70. The summed E-state index contributed by atoms with van der Waals surface area (Å²) < 4.78 is 0. The predicted molar refractivity (Wildman–Crippen MR) is 74.1 cm³/mol. The van der Waals surface area contributed by atoms with Crippen molar-refractivity contribution in [2.45, 2.75) is 64.9 Å². The molecular formula is C16H26O4. The Morgan fingerprint density at radius 3 is 2.35 bits per heavy atom. The van der Waals surface area contributed by atoms with Crippen LogP contribution >= 0.6 is 0 Å². The molecular weight excluding hydrogens is 256 g/mol. The first kappa shape index (κ1) is 14.3. The van der Waals surface area contributed by atoms with Crippen molar-refractivity contribution in [1.29, 1.82) is 0 Å². The van der Waals surface area contributed by atoms with Gasteiger partial charge in [0.05, 0.1) is 5.41 Å². The van der Waals surface area contributed by atoms with E-state index in [9.17, 15) is 15.2 Å². The minimum Gasteiger partial charge on any atom is -0.481 e. The Morgan fingerprint density at radius 1 is 1.30 bits per heavy atom. The van der Waals surface area contributed by atoms with E-state index in [1.807, 2.05) is 0 Å². The maximum Gasteiger partial charge on any atom is 0.309 e. The number of carboxylic acid groups (broad SMARTS) is 1. The number of carboxylic acids is 1. The molecule has 0 spiro atoms. The van der Waals surface area contributed by atoms with Crippen LogP contribution in [0.25, 0.3) is 0 Å². The first-order valence-corrected chi connectivity index (χ1v) is 7.98. The summed E-state index contributed by atoms with van der Waals surface area (Å²) in [4.78, 5) is 16.8. The van der Waals surface area contributed by atoms with Crippen molar-refractivity contribution in [3.8, 4) is 0 Å². The molecule has 0 heterocycles. The largest absolute Gasteiger partial charge is 0.481 e. The van der Waals surface area contributed by atoms with Gasteiger partial charge in [-0.25, -0.2) is 4.89 Å². The fourth-order valence-electron chi connectivity index (χ4n) is 5.95. The van der Waals surface area contributed by atoms with Crippen molar-refractivity contribution < 1.29 is 20.0 Å². The third-order valence-electron chi connectivity index (χ3n) is 6.44. The van der Waals surface area contributed by atoms with E-state index in [4.69, 9.17) is 4.89 Å². The Bertz CT molecular complexity index is 391. The van der Waals surface area contributed by atoms with Gasteiger partial charge in [0.15, 0.2) is 0 Å². The van der Waals surface area contributed by atoms with Gasteiger partial charge in [0.1, 0.15) is 6.10 Å². The van der Waals surface area contributed by atoms with Crippen LogP contribution in [-0.2, 0) is 9.68 Å². The van der Waals surface area contributed by atoms with Gasteiger partial charge in [-0.2, -0.15) is 0 Å². The number of aliphatic carboxylic acids is 1. The number of hydrogen-bond donors (Lipinski definition) is 2. The van der Waals surface area contributed by atoms with Crippen LogP contribution in [-0.4, -0.2) is 22.4 Å². The molecule has 4 bridgehead atoms. The summed E-state index contributed by atoms with van der Waals surface area (Å²) >= 11 is 0. The lowest BCUT2D eigenvalue weighted by atomic mass is 9.42. The molecule has 4 atom stereocenters. The zero-order chi connectivity index (χ0) is 14.5. The summed E-state index contributed by atoms with van der Waals surface area (Å²) in [7, 11) is 0. The second-order valence-corrected chi connectivity index (χ2v) is 7.82. The molecule has 114 valence electrons. The molecule has 2 N–H and O–H groups in total. The highest BCUT2D eigenvalue weighted by Gasteiger charge is 2.63. The van der Waals surface area contributed by atoms with Gasteiger partial charge >= 0.3 is 5.97 Å². The van der Waals surface area contributed by atoms with Crippen molar-refractivity contribution in [3.63, 3.8) is 0 Å². The van der Waals surface area contributed by atoms with Crippen LogP contribution < -0.4 is 0 Å². The summed E-state index contributed by atoms with van der Waals surface area (Å²) in [5.41, 5.74) is -0.666. The molecule has 0 aromatic carbocycles. The van der Waals surface area contributed by atoms with Gasteiger partial charge in [0.25, 0.3) is 0 Å². The van der Waals surface area contributed by atoms with E-state index in [0.29, 0.717) is 18.3 Å². The monoisotopic (exact) mass is 282 g/mol. The molecule has 0 aromatic heterocycles. The molecule has 4 nitrogen and oxygen atoms in total. The van der Waals surface area contributed by atoms with Crippen LogP contribution in [0.4, 0.5) is 0 Å². The first-order valence-electron chi connectivity index (χ1n) is 7.98.